The topological polar surface area (TPSA) is 49.4 Å². The number of hydrogen-bond acceptors (Lipinski definition) is 2. The van der Waals surface area contributed by atoms with Crippen molar-refractivity contribution in [1.29, 1.82) is 0 Å². The van der Waals surface area contributed by atoms with Crippen LogP contribution in [-0.2, 0) is 4.79 Å². The molecule has 0 atom stereocenters. The summed E-state index contributed by atoms with van der Waals surface area (Å²) in [6.07, 6.45) is 3.26. The summed E-state index contributed by atoms with van der Waals surface area (Å²) in [7, 11) is 1.54. The summed E-state index contributed by atoms with van der Waals surface area (Å²) in [5, 5.41) is 3.78. The second kappa shape index (κ2) is 6.94. The molecule has 0 radical (unpaired) electrons. The van der Waals surface area contributed by atoms with Crippen molar-refractivity contribution >= 4 is 35.5 Å². The standard InChI is InChI=1S/C10H18BBrN2O2/c11-10(16)13-8-3-6-14(7-4-8)9(15)2-1-5-12/h8H,1-7,11H2,(H,13,16). The monoisotopic (exact) mass is 288 g/mol. The van der Waals surface area contributed by atoms with Gasteiger partial charge in [-0.2, -0.15) is 0 Å². The van der Waals surface area contributed by atoms with E-state index in [0.29, 0.717) is 6.42 Å². The molecule has 0 unspecified atom stereocenters. The van der Waals surface area contributed by atoms with Gasteiger partial charge in [-0.05, 0) is 19.3 Å². The van der Waals surface area contributed by atoms with E-state index < -0.39 is 0 Å². The second-order valence-electron chi connectivity index (χ2n) is 4.15. The summed E-state index contributed by atoms with van der Waals surface area (Å²) < 4.78 is 0. The van der Waals surface area contributed by atoms with Gasteiger partial charge in [0.15, 0.2) is 5.81 Å². The number of amides is 2. The lowest BCUT2D eigenvalue weighted by Gasteiger charge is -2.32. The molecule has 1 saturated heterocycles. The molecule has 4 nitrogen and oxygen atoms in total. The first-order chi connectivity index (χ1) is 7.63. The molecule has 1 rings (SSSR count). The Hall–Kier alpha value is -0.515. The Labute approximate surface area is 106 Å². The molecule has 1 N–H and O–H groups in total. The van der Waals surface area contributed by atoms with Crippen LogP contribution in [-0.4, -0.2) is 48.9 Å². The van der Waals surface area contributed by atoms with E-state index in [-0.39, 0.29) is 17.8 Å². The maximum Gasteiger partial charge on any atom is 0.222 e. The first-order valence-corrected chi connectivity index (χ1v) is 6.86. The number of halogens is 1. The summed E-state index contributed by atoms with van der Waals surface area (Å²) in [5.74, 6) is 0.254. The van der Waals surface area contributed by atoms with E-state index >= 15 is 0 Å². The molecule has 0 aromatic heterocycles. The number of rotatable bonds is 4. The highest BCUT2D eigenvalue weighted by atomic mass is 79.9. The van der Waals surface area contributed by atoms with Crippen LogP contribution in [0.5, 0.6) is 0 Å². The molecular formula is C10H18BBrN2O2. The van der Waals surface area contributed by atoms with E-state index in [1.165, 1.54) is 7.85 Å². The van der Waals surface area contributed by atoms with Crippen LogP contribution in [0.2, 0.25) is 0 Å². The molecule has 1 fully saturated rings. The minimum absolute atomic E-state index is 0.0177. The molecule has 1 aliphatic rings. The molecule has 0 aromatic rings. The van der Waals surface area contributed by atoms with E-state index in [4.69, 9.17) is 0 Å². The van der Waals surface area contributed by atoms with E-state index in [1.54, 1.807) is 0 Å². The molecule has 90 valence electrons. The zero-order valence-electron chi connectivity index (χ0n) is 9.67. The third-order valence-electron chi connectivity index (χ3n) is 2.78. The molecule has 0 aromatic carbocycles. The van der Waals surface area contributed by atoms with Gasteiger partial charge in [0, 0.05) is 30.9 Å². The Morgan fingerprint density at radius 3 is 2.50 bits per heavy atom. The molecule has 2 amide bonds. The zero-order valence-corrected chi connectivity index (χ0v) is 11.3. The first-order valence-electron chi connectivity index (χ1n) is 5.74. The molecular weight excluding hydrogens is 271 g/mol. The highest BCUT2D eigenvalue weighted by molar-refractivity contribution is 9.09. The Morgan fingerprint density at radius 1 is 1.38 bits per heavy atom. The van der Waals surface area contributed by atoms with Gasteiger partial charge >= 0.3 is 0 Å². The number of nitrogens with zero attached hydrogens (tertiary/aromatic N) is 1. The van der Waals surface area contributed by atoms with Gasteiger partial charge in [-0.15, -0.1) is 0 Å². The van der Waals surface area contributed by atoms with Crippen LogP contribution in [0.25, 0.3) is 0 Å². The number of likely N-dealkylation sites (tertiary alicyclic amines) is 1. The summed E-state index contributed by atoms with van der Waals surface area (Å²) in [6.45, 7) is 1.54. The van der Waals surface area contributed by atoms with Crippen LogP contribution in [0.15, 0.2) is 0 Å². The van der Waals surface area contributed by atoms with Crippen molar-refractivity contribution in [1.82, 2.24) is 10.2 Å². The van der Waals surface area contributed by atoms with Crippen molar-refractivity contribution in [3.05, 3.63) is 0 Å². The van der Waals surface area contributed by atoms with Crippen molar-refractivity contribution in [2.24, 2.45) is 0 Å². The molecule has 6 heteroatoms. The maximum atomic E-state index is 11.7. The lowest BCUT2D eigenvalue weighted by atomic mass is 10.0. The molecule has 1 heterocycles. The van der Waals surface area contributed by atoms with Gasteiger partial charge < -0.3 is 10.2 Å². The quantitative estimate of drug-likeness (QED) is 0.605. The van der Waals surface area contributed by atoms with Gasteiger partial charge in [0.05, 0.1) is 0 Å². The Kier molecular flexibility index (Phi) is 5.88. The number of carbonyl (C=O) groups excluding carboxylic acids is 2. The molecule has 16 heavy (non-hydrogen) atoms. The van der Waals surface area contributed by atoms with Gasteiger partial charge in [-0.25, -0.2) is 0 Å². The number of hydrogen-bond donors (Lipinski definition) is 1. The van der Waals surface area contributed by atoms with Crippen LogP contribution in [0.3, 0.4) is 0 Å². The number of carbonyl (C=O) groups is 2. The highest BCUT2D eigenvalue weighted by Gasteiger charge is 2.22. The molecule has 0 saturated carbocycles. The minimum Gasteiger partial charge on any atom is -0.363 e. The Balaban J connectivity index is 2.25. The highest BCUT2D eigenvalue weighted by Crippen LogP contribution is 2.12. The van der Waals surface area contributed by atoms with E-state index in [2.05, 4.69) is 21.2 Å². The van der Waals surface area contributed by atoms with Crippen LogP contribution in [0.1, 0.15) is 25.7 Å². The van der Waals surface area contributed by atoms with Crippen molar-refractivity contribution in [3.8, 4) is 0 Å². The van der Waals surface area contributed by atoms with Crippen molar-refractivity contribution < 1.29 is 9.59 Å². The Morgan fingerprint density at radius 2 is 2.00 bits per heavy atom. The first kappa shape index (κ1) is 13.5. The molecule has 0 aliphatic carbocycles. The fourth-order valence-corrected chi connectivity index (χ4v) is 2.22. The van der Waals surface area contributed by atoms with Crippen molar-refractivity contribution in [2.45, 2.75) is 31.7 Å². The summed E-state index contributed by atoms with van der Waals surface area (Å²) in [5.41, 5.74) is 0. The third-order valence-corrected chi connectivity index (χ3v) is 3.34. The lowest BCUT2D eigenvalue weighted by Crippen LogP contribution is -2.46. The van der Waals surface area contributed by atoms with Gasteiger partial charge in [-0.1, -0.05) is 15.9 Å². The largest absolute Gasteiger partial charge is 0.363 e. The van der Waals surface area contributed by atoms with Gasteiger partial charge in [0.1, 0.15) is 0 Å². The van der Waals surface area contributed by atoms with Gasteiger partial charge in [0.25, 0.3) is 0 Å². The number of alkyl halides is 1. The van der Waals surface area contributed by atoms with Crippen LogP contribution >= 0.6 is 15.9 Å². The SMILES string of the molecule is BC(=O)NC1CCN(C(=O)CCCBr)CC1. The number of piperidine rings is 1. The summed E-state index contributed by atoms with van der Waals surface area (Å²) in [4.78, 5) is 24.5. The van der Waals surface area contributed by atoms with Crippen LogP contribution in [0.4, 0.5) is 4.79 Å². The summed E-state index contributed by atoms with van der Waals surface area (Å²) >= 11 is 3.32. The predicted octanol–water partition coefficient (Wildman–Crippen LogP) is 0.495. The molecule has 1 aliphatic heterocycles. The average molecular weight is 289 g/mol. The smallest absolute Gasteiger partial charge is 0.222 e. The van der Waals surface area contributed by atoms with E-state index in [0.717, 1.165) is 37.7 Å². The lowest BCUT2D eigenvalue weighted by molar-refractivity contribution is -0.132. The predicted molar refractivity (Wildman–Crippen MR) is 69.7 cm³/mol. The van der Waals surface area contributed by atoms with E-state index in [9.17, 15) is 9.59 Å². The maximum absolute atomic E-state index is 11.7. The van der Waals surface area contributed by atoms with Crippen molar-refractivity contribution in [2.75, 3.05) is 18.4 Å². The van der Waals surface area contributed by atoms with Crippen LogP contribution < -0.4 is 5.32 Å². The van der Waals surface area contributed by atoms with Crippen molar-refractivity contribution in [3.63, 3.8) is 0 Å². The normalized spacial score (nSPS) is 17.2. The van der Waals surface area contributed by atoms with Crippen LogP contribution in [0, 0.1) is 0 Å². The average Bonchev–Trinajstić information content (AvgIpc) is 2.26. The second-order valence-corrected chi connectivity index (χ2v) is 4.94. The zero-order chi connectivity index (χ0) is 12.0. The molecule has 0 spiro atoms. The fourth-order valence-electron chi connectivity index (χ4n) is 1.94. The fraction of sp³-hybridized carbons (Fsp3) is 0.800. The van der Waals surface area contributed by atoms with E-state index in [1.807, 2.05) is 4.90 Å². The third kappa shape index (κ3) is 4.55. The Bertz CT molecular complexity index is 255. The van der Waals surface area contributed by atoms with Gasteiger partial charge in [-0.3, -0.25) is 9.59 Å². The summed E-state index contributed by atoms with van der Waals surface area (Å²) in [6, 6.07) is 0.248. The number of nitrogens with one attached hydrogen (secondary N) is 1. The minimum atomic E-state index is 0.0177. The van der Waals surface area contributed by atoms with Gasteiger partial charge in [0.2, 0.25) is 13.8 Å². The molecule has 0 bridgehead atoms.